The lowest BCUT2D eigenvalue weighted by Gasteiger charge is -2.63. The van der Waals surface area contributed by atoms with Crippen molar-refractivity contribution in [1.29, 1.82) is 0 Å². The van der Waals surface area contributed by atoms with E-state index >= 15 is 13.6 Å². The van der Waals surface area contributed by atoms with Crippen LogP contribution < -0.4 is 20.9 Å². The molecule has 1 aromatic heterocycles. The number of nitrogens with one attached hydrogen (secondary N) is 3. The Morgan fingerprint density at radius 2 is 1.47 bits per heavy atom. The summed E-state index contributed by atoms with van der Waals surface area (Å²) >= 11 is 0. The molecule has 652 valence electrons. The molecule has 3 aliphatic heterocycles. The molecule has 2 saturated heterocycles. The normalized spacial score (nSPS) is 29.3. The number of aliphatic hydroxyl groups is 5. The Morgan fingerprint density at radius 3 is 2.20 bits per heavy atom. The zero-order valence-electron chi connectivity index (χ0n) is 69.4. The average Bonchev–Trinajstić information content (AvgIpc) is 1.44. The number of nitrogens with zero attached hydrogens (tertiary/aromatic N) is 4. The van der Waals surface area contributed by atoms with Gasteiger partial charge in [0.2, 0.25) is 23.6 Å². The summed E-state index contributed by atoms with van der Waals surface area (Å²) in [6.07, 6.45) is -2.77. The predicted octanol–water partition coefficient (Wildman–Crippen LogP) is 7.44. The molecule has 5 aliphatic carbocycles. The van der Waals surface area contributed by atoms with E-state index in [0.29, 0.717) is 88.3 Å². The van der Waals surface area contributed by atoms with E-state index in [0.717, 1.165) is 41.6 Å². The van der Waals surface area contributed by atoms with Gasteiger partial charge in [-0.05, 0) is 118 Å². The van der Waals surface area contributed by atoms with E-state index < -0.39 is 162 Å². The molecule has 3 aromatic rings. The molecule has 4 amide bonds. The van der Waals surface area contributed by atoms with Crippen molar-refractivity contribution in [2.24, 2.45) is 40.4 Å². The number of aromatic nitrogens is 3. The number of fused-ring (bicyclic) bond motifs is 10. The van der Waals surface area contributed by atoms with Crippen molar-refractivity contribution < 1.29 is 111 Å². The molecular weight excluding hydrogens is 1540 g/mol. The first-order valence-corrected chi connectivity index (χ1v) is 42.6. The topological polar surface area (TPSA) is 382 Å². The van der Waals surface area contributed by atoms with Crippen molar-refractivity contribution in [3.63, 3.8) is 0 Å². The van der Waals surface area contributed by atoms with Gasteiger partial charge < -0.3 is 84.3 Å². The monoisotopic (exact) mass is 1660 g/mol. The molecule has 19 atom stereocenters. The van der Waals surface area contributed by atoms with Crippen LogP contribution in [0.25, 0.3) is 0 Å². The first kappa shape index (κ1) is 92.0. The maximum atomic E-state index is 18.3. The molecule has 0 bridgehead atoms. The molecule has 0 radical (unpaired) electrons. The zero-order valence-corrected chi connectivity index (χ0v) is 69.4. The van der Waals surface area contributed by atoms with Gasteiger partial charge in [0.25, 0.3) is 0 Å². The molecule has 5 fully saturated rings. The van der Waals surface area contributed by atoms with Gasteiger partial charge in [0.15, 0.2) is 35.4 Å². The van der Waals surface area contributed by atoms with Crippen LogP contribution in [0.15, 0.2) is 84.5 Å². The molecule has 11 rings (SSSR count). The van der Waals surface area contributed by atoms with Crippen molar-refractivity contribution in [2.45, 2.75) is 255 Å². The Hall–Kier alpha value is -7.74. The number of unbranched alkanes of at least 4 members (excludes halogenated alkanes) is 1. The first-order chi connectivity index (χ1) is 57.1. The summed E-state index contributed by atoms with van der Waals surface area (Å²) in [5.41, 5.74) is -1.86. The number of rotatable bonds is 43. The number of halogens is 2. The van der Waals surface area contributed by atoms with E-state index in [1.807, 2.05) is 55.5 Å². The number of hydrogen-bond donors (Lipinski definition) is 8. The predicted molar refractivity (Wildman–Crippen MR) is 430 cm³/mol. The van der Waals surface area contributed by atoms with Gasteiger partial charge in [0, 0.05) is 91.4 Å². The van der Waals surface area contributed by atoms with E-state index in [1.165, 1.54) is 11.6 Å². The third-order valence-electron chi connectivity index (χ3n) is 25.5. The highest BCUT2D eigenvalue weighted by molar-refractivity contribution is 5.98. The van der Waals surface area contributed by atoms with E-state index in [2.05, 4.69) is 44.7 Å². The van der Waals surface area contributed by atoms with Crippen LogP contribution in [0.4, 0.5) is 14.5 Å². The lowest BCUT2D eigenvalue weighted by Crippen LogP contribution is -2.71. The number of benzene rings is 2. The minimum absolute atomic E-state index is 0.0243. The maximum absolute atomic E-state index is 18.3. The smallest absolute Gasteiger partial charge is 0.246 e. The number of para-hydroxylation sites is 1. The summed E-state index contributed by atoms with van der Waals surface area (Å²) in [4.78, 5) is 113. The highest BCUT2D eigenvalue weighted by atomic mass is 19.1. The summed E-state index contributed by atoms with van der Waals surface area (Å²) in [6.45, 7) is 15.1. The van der Waals surface area contributed by atoms with Gasteiger partial charge in [-0.15, -0.1) is 5.10 Å². The number of aliphatic hydroxyl groups excluding tert-OH is 5. The van der Waals surface area contributed by atoms with E-state index in [1.54, 1.807) is 50.8 Å². The summed E-state index contributed by atoms with van der Waals surface area (Å²) in [5, 5.41) is 70.9. The third kappa shape index (κ3) is 21.0. The van der Waals surface area contributed by atoms with Crippen LogP contribution in [0.2, 0.25) is 0 Å². The van der Waals surface area contributed by atoms with Crippen molar-refractivity contribution in [1.82, 2.24) is 30.9 Å². The van der Waals surface area contributed by atoms with Gasteiger partial charge in [-0.1, -0.05) is 132 Å². The van der Waals surface area contributed by atoms with Crippen LogP contribution in [0.5, 0.6) is 0 Å². The molecule has 28 nitrogen and oxygen atoms in total. The standard InChI is InChI=1S/C89H121F2N7O21/c1-8-19-77-118-74-48-63-64-47-66(90)65-44-55(4)32-34-86(65,6)88(64,91)72(103)49-87(63,7)89(74,119-77)73(104)50-93-83(110)56(5)45-69(102)78(54(2)3)94-84(111)59(22-16-17-35-92-75(105)53-116-70-27-11-9-10-26-68-79(70)95-96-98(68)85-82(109)81(108)80(107)71(52-99)117-85)46-62(101)33-37-113-39-41-115-43-42-114-40-38-112-36-18-24-61(100)30-31-76(106)97-51-60-23-13-12-20-57(60)28-29-58-21-14-15-25-67(58)97/h12-15,20-21,23,25,32,34,44,54,56,59,63-64,66,70-72,74,77-78,80-82,85,99,103,107-109H,4,8-11,16-19,22,24,26-27,30-31,33,35-43,45-53H2,1-3,5-7H3,(H,92,105)(H,93,110)(H,94,111)/t56-,59+,63+,64+,66+,70?,71-,72+,74-,77?,78+,80+,81+,82-,85-,86+,87+,88+,89-/m1/s1. The average molecular weight is 1660 g/mol. The van der Waals surface area contributed by atoms with Crippen LogP contribution in [0.3, 0.4) is 0 Å². The fourth-order valence-electron chi connectivity index (χ4n) is 19.0. The van der Waals surface area contributed by atoms with Crippen molar-refractivity contribution in [2.75, 3.05) is 84.1 Å². The minimum atomic E-state index is -2.32. The van der Waals surface area contributed by atoms with E-state index in [4.69, 9.17) is 37.9 Å². The zero-order chi connectivity index (χ0) is 85.3. The number of allylic oxidation sites excluding steroid dienone is 5. The number of hydrogen-bond acceptors (Lipinski definition) is 23. The Kier molecular flexibility index (Phi) is 32.4. The summed E-state index contributed by atoms with van der Waals surface area (Å²) < 4.78 is 83.9. The number of anilines is 1. The van der Waals surface area contributed by atoms with Crippen LogP contribution in [-0.2, 0) is 89.2 Å². The fourth-order valence-corrected chi connectivity index (χ4v) is 19.0. The molecule has 3 saturated carbocycles. The number of alkyl halides is 2. The van der Waals surface area contributed by atoms with Crippen LogP contribution in [-0.4, -0.2) is 233 Å². The van der Waals surface area contributed by atoms with Gasteiger partial charge in [-0.2, -0.15) is 0 Å². The number of ether oxygens (including phenoxy) is 8. The molecular formula is C89H121F2N7O21. The van der Waals surface area contributed by atoms with Gasteiger partial charge in [-0.25, -0.2) is 13.5 Å². The number of amides is 4. The van der Waals surface area contributed by atoms with Gasteiger partial charge in [-0.3, -0.25) is 38.4 Å². The van der Waals surface area contributed by atoms with Crippen LogP contribution in [0.1, 0.15) is 204 Å². The maximum Gasteiger partial charge on any atom is 0.246 e. The van der Waals surface area contributed by atoms with E-state index in [9.17, 15) is 59.1 Å². The minimum Gasteiger partial charge on any atom is -0.394 e. The summed E-state index contributed by atoms with van der Waals surface area (Å²) in [6, 6.07) is 14.1. The Bertz CT molecular complexity index is 4200. The second kappa shape index (κ2) is 41.9. The molecule has 30 heteroatoms. The third-order valence-corrected chi connectivity index (χ3v) is 25.5. The van der Waals surface area contributed by atoms with Crippen LogP contribution >= 0.6 is 0 Å². The summed E-state index contributed by atoms with van der Waals surface area (Å²) in [5.74, 6) is -0.915. The van der Waals surface area contributed by atoms with E-state index in [-0.39, 0.29) is 133 Å². The number of Topliss-reactive ketones (excluding diaryl/α,β-unsaturated/α-hetero) is 4. The Balaban J connectivity index is 0.630. The SMILES string of the molecule is C=C1C=C[C@@]2(C)C(=C1)[C@@H](F)C[C@H]1[C@@H]3C[C@H]4OC(CCC)O[C@@]4(C(=O)CNC(=O)[C@H](C)CC(=O)[C@@H](NC(=O)[C@@H](CCCCNC(=O)COC4CCCCCc5c4nnn5[C@@H]4O[C@H](CO)[C@H](O)[C@H](O)[C@H]4O)CC(=O)CCOCCOCCOCCOCCCC(=O)CCC(=O)N4Cc5ccccc5C#Cc5ccccc54)C(C)C)[C@@]3(C)C[C@H](O)[C@@]12F. The molecule has 4 heterocycles. The molecule has 8 N–H and O–H groups in total. The number of carbonyl (C=O) groups is 8. The molecule has 2 unspecified atom stereocenters. The largest absolute Gasteiger partial charge is 0.394 e. The Morgan fingerprint density at radius 1 is 0.765 bits per heavy atom. The fraction of sp³-hybridized carbons (Fsp3) is 0.663. The first-order valence-electron chi connectivity index (χ1n) is 42.6. The highest BCUT2D eigenvalue weighted by Crippen LogP contribution is 2.72. The van der Waals surface area contributed by atoms with Crippen molar-refractivity contribution >= 4 is 52.4 Å². The lowest BCUT2D eigenvalue weighted by molar-refractivity contribution is -0.254. The molecule has 0 spiro atoms. The van der Waals surface area contributed by atoms with Gasteiger partial charge >= 0.3 is 0 Å². The summed E-state index contributed by atoms with van der Waals surface area (Å²) in [7, 11) is 0. The number of ketones is 4. The Labute approximate surface area is 695 Å². The lowest BCUT2D eigenvalue weighted by atomic mass is 9.44. The van der Waals surface area contributed by atoms with Gasteiger partial charge in [0.05, 0.1) is 95.6 Å². The second-order valence-corrected chi connectivity index (χ2v) is 33.9. The second-order valence-electron chi connectivity index (χ2n) is 33.9. The molecule has 8 aliphatic rings. The quantitative estimate of drug-likeness (QED) is 0.0201. The van der Waals surface area contributed by atoms with Crippen molar-refractivity contribution in [3.05, 3.63) is 113 Å². The number of carbonyl (C=O) groups excluding carboxylic acids is 8. The van der Waals surface area contributed by atoms with Crippen LogP contribution in [0, 0.1) is 52.3 Å². The molecule has 119 heavy (non-hydrogen) atoms. The van der Waals surface area contributed by atoms with Gasteiger partial charge in [0.1, 0.15) is 60.6 Å². The molecule has 2 aromatic carbocycles. The van der Waals surface area contributed by atoms with Crippen molar-refractivity contribution in [3.8, 4) is 11.8 Å². The highest BCUT2D eigenvalue weighted by Gasteiger charge is 2.80.